The van der Waals surface area contributed by atoms with Crippen LogP contribution in [0.2, 0.25) is 0 Å². The predicted molar refractivity (Wildman–Crippen MR) is 80.7 cm³/mol. The Bertz CT molecular complexity index is 792. The van der Waals surface area contributed by atoms with Gasteiger partial charge in [-0.25, -0.2) is 9.48 Å². The third-order valence-electron chi connectivity index (χ3n) is 3.24. The molecule has 1 aromatic heterocycles. The second-order valence-electron chi connectivity index (χ2n) is 4.84. The first-order valence-electron chi connectivity index (χ1n) is 6.61. The normalized spacial score (nSPS) is 10.5. The van der Waals surface area contributed by atoms with Crippen LogP contribution in [0.5, 0.6) is 0 Å². The van der Waals surface area contributed by atoms with Gasteiger partial charge in [-0.05, 0) is 31.2 Å². The van der Waals surface area contributed by atoms with Crippen molar-refractivity contribution in [3.8, 4) is 16.9 Å². The summed E-state index contributed by atoms with van der Waals surface area (Å²) in [5.74, 6) is -1.03. The molecule has 0 aliphatic rings. The molecule has 3 aromatic rings. The van der Waals surface area contributed by atoms with Gasteiger partial charge in [-0.2, -0.15) is 5.10 Å². The number of hydrogen-bond donors (Lipinski definition) is 1. The number of aryl methyl sites for hydroxylation is 1. The van der Waals surface area contributed by atoms with Crippen LogP contribution in [-0.4, -0.2) is 20.9 Å². The summed E-state index contributed by atoms with van der Waals surface area (Å²) in [7, 11) is 0. The van der Waals surface area contributed by atoms with E-state index >= 15 is 0 Å². The minimum absolute atomic E-state index is 0.0374. The topological polar surface area (TPSA) is 55.1 Å². The van der Waals surface area contributed by atoms with Gasteiger partial charge in [-0.3, -0.25) is 0 Å². The average molecular weight is 278 g/mol. The number of aromatic nitrogens is 2. The molecule has 21 heavy (non-hydrogen) atoms. The molecular formula is C17H14N2O2. The summed E-state index contributed by atoms with van der Waals surface area (Å²) in [6, 6.07) is 19.0. The standard InChI is InChI=1S/C17H14N2O2/c1-12-6-5-7-13(10-12)16-11-15(17(20)21)18-19(16)14-8-3-2-4-9-14/h2-11H,1H3,(H,20,21). The summed E-state index contributed by atoms with van der Waals surface area (Å²) in [5.41, 5.74) is 3.70. The summed E-state index contributed by atoms with van der Waals surface area (Å²) < 4.78 is 1.66. The van der Waals surface area contributed by atoms with Gasteiger partial charge in [-0.1, -0.05) is 42.0 Å². The Morgan fingerprint density at radius 1 is 1.05 bits per heavy atom. The Labute approximate surface area is 122 Å². The molecule has 0 aliphatic carbocycles. The van der Waals surface area contributed by atoms with Crippen molar-refractivity contribution in [1.82, 2.24) is 9.78 Å². The second-order valence-corrected chi connectivity index (χ2v) is 4.84. The van der Waals surface area contributed by atoms with Crippen molar-refractivity contribution < 1.29 is 9.90 Å². The number of hydrogen-bond acceptors (Lipinski definition) is 2. The van der Waals surface area contributed by atoms with Crippen molar-refractivity contribution >= 4 is 5.97 Å². The highest BCUT2D eigenvalue weighted by molar-refractivity contribution is 5.87. The van der Waals surface area contributed by atoms with Crippen molar-refractivity contribution in [3.63, 3.8) is 0 Å². The molecule has 2 aromatic carbocycles. The molecule has 0 unspecified atom stereocenters. The first kappa shape index (κ1) is 13.1. The number of aromatic carboxylic acids is 1. The van der Waals surface area contributed by atoms with Gasteiger partial charge in [0.15, 0.2) is 5.69 Å². The van der Waals surface area contributed by atoms with Crippen molar-refractivity contribution in [1.29, 1.82) is 0 Å². The Morgan fingerprint density at radius 3 is 2.48 bits per heavy atom. The fourth-order valence-electron chi connectivity index (χ4n) is 2.26. The van der Waals surface area contributed by atoms with E-state index in [1.165, 1.54) is 0 Å². The van der Waals surface area contributed by atoms with Crippen molar-refractivity contribution in [3.05, 3.63) is 71.9 Å². The number of rotatable bonds is 3. The zero-order valence-electron chi connectivity index (χ0n) is 11.5. The summed E-state index contributed by atoms with van der Waals surface area (Å²) >= 11 is 0. The van der Waals surface area contributed by atoms with Gasteiger partial charge in [0, 0.05) is 5.56 Å². The lowest BCUT2D eigenvalue weighted by molar-refractivity contribution is 0.0690. The lowest BCUT2D eigenvalue weighted by Gasteiger charge is -2.07. The molecule has 0 atom stereocenters. The zero-order chi connectivity index (χ0) is 14.8. The molecule has 104 valence electrons. The maximum Gasteiger partial charge on any atom is 0.356 e. The molecule has 1 N–H and O–H groups in total. The van der Waals surface area contributed by atoms with Crippen LogP contribution in [0.1, 0.15) is 16.1 Å². The molecule has 0 radical (unpaired) electrons. The molecule has 0 fully saturated rings. The van der Waals surface area contributed by atoms with Gasteiger partial charge in [0.1, 0.15) is 0 Å². The highest BCUT2D eigenvalue weighted by atomic mass is 16.4. The second kappa shape index (κ2) is 5.25. The van der Waals surface area contributed by atoms with E-state index in [1.54, 1.807) is 10.7 Å². The molecule has 0 bridgehead atoms. The molecule has 4 nitrogen and oxygen atoms in total. The number of benzene rings is 2. The minimum Gasteiger partial charge on any atom is -0.476 e. The van der Waals surface area contributed by atoms with E-state index in [0.29, 0.717) is 0 Å². The molecule has 4 heteroatoms. The van der Waals surface area contributed by atoms with E-state index in [9.17, 15) is 9.90 Å². The molecule has 0 saturated carbocycles. The van der Waals surface area contributed by atoms with Crippen LogP contribution >= 0.6 is 0 Å². The molecule has 0 spiro atoms. The SMILES string of the molecule is Cc1cccc(-c2cc(C(=O)O)nn2-c2ccccc2)c1. The van der Waals surface area contributed by atoms with Crippen molar-refractivity contribution in [2.75, 3.05) is 0 Å². The fourth-order valence-corrected chi connectivity index (χ4v) is 2.26. The Balaban J connectivity index is 2.21. The van der Waals surface area contributed by atoms with Gasteiger partial charge in [0.05, 0.1) is 11.4 Å². The Hall–Kier alpha value is -2.88. The first-order valence-corrected chi connectivity index (χ1v) is 6.61. The first-order chi connectivity index (χ1) is 10.1. The predicted octanol–water partition coefficient (Wildman–Crippen LogP) is 3.55. The van der Waals surface area contributed by atoms with Crippen molar-refractivity contribution in [2.45, 2.75) is 6.92 Å². The Kier molecular flexibility index (Phi) is 3.28. The molecular weight excluding hydrogens is 264 g/mol. The maximum atomic E-state index is 11.2. The smallest absolute Gasteiger partial charge is 0.356 e. The summed E-state index contributed by atoms with van der Waals surface area (Å²) in [5, 5.41) is 13.4. The Morgan fingerprint density at radius 2 is 1.81 bits per heavy atom. The van der Waals surface area contributed by atoms with Gasteiger partial charge >= 0.3 is 5.97 Å². The third kappa shape index (κ3) is 2.56. The molecule has 0 amide bonds. The van der Waals surface area contributed by atoms with Crippen LogP contribution in [0.15, 0.2) is 60.7 Å². The minimum atomic E-state index is -1.03. The van der Waals surface area contributed by atoms with Crippen LogP contribution in [0.25, 0.3) is 16.9 Å². The van der Waals surface area contributed by atoms with Gasteiger partial charge < -0.3 is 5.11 Å². The summed E-state index contributed by atoms with van der Waals surface area (Å²) in [6.07, 6.45) is 0. The highest BCUT2D eigenvalue weighted by Crippen LogP contribution is 2.24. The van der Waals surface area contributed by atoms with E-state index in [0.717, 1.165) is 22.5 Å². The molecule has 0 saturated heterocycles. The van der Waals surface area contributed by atoms with Gasteiger partial charge in [-0.15, -0.1) is 0 Å². The quantitative estimate of drug-likeness (QED) is 0.797. The van der Waals surface area contributed by atoms with Crippen LogP contribution in [0, 0.1) is 6.92 Å². The van der Waals surface area contributed by atoms with Crippen LogP contribution in [0.3, 0.4) is 0 Å². The average Bonchev–Trinajstić information content (AvgIpc) is 2.93. The number of para-hydroxylation sites is 1. The lowest BCUT2D eigenvalue weighted by Crippen LogP contribution is -2.02. The monoisotopic (exact) mass is 278 g/mol. The number of carboxylic acid groups (broad SMARTS) is 1. The fraction of sp³-hybridized carbons (Fsp3) is 0.0588. The molecule has 1 heterocycles. The van der Waals surface area contributed by atoms with Crippen LogP contribution in [-0.2, 0) is 0 Å². The number of nitrogens with zero attached hydrogens (tertiary/aromatic N) is 2. The lowest BCUT2D eigenvalue weighted by atomic mass is 10.1. The van der Waals surface area contributed by atoms with E-state index in [-0.39, 0.29) is 5.69 Å². The largest absolute Gasteiger partial charge is 0.476 e. The van der Waals surface area contributed by atoms with E-state index in [1.807, 2.05) is 61.5 Å². The summed E-state index contributed by atoms with van der Waals surface area (Å²) in [4.78, 5) is 11.2. The maximum absolute atomic E-state index is 11.2. The number of carboxylic acids is 1. The summed E-state index contributed by atoms with van der Waals surface area (Å²) in [6.45, 7) is 2.00. The van der Waals surface area contributed by atoms with Gasteiger partial charge in [0.25, 0.3) is 0 Å². The van der Waals surface area contributed by atoms with E-state index < -0.39 is 5.97 Å². The van der Waals surface area contributed by atoms with Crippen molar-refractivity contribution in [2.24, 2.45) is 0 Å². The number of carbonyl (C=O) groups is 1. The van der Waals surface area contributed by atoms with Crippen LogP contribution < -0.4 is 0 Å². The van der Waals surface area contributed by atoms with E-state index in [2.05, 4.69) is 5.10 Å². The van der Waals surface area contributed by atoms with E-state index in [4.69, 9.17) is 0 Å². The molecule has 0 aliphatic heterocycles. The van der Waals surface area contributed by atoms with Crippen LogP contribution in [0.4, 0.5) is 0 Å². The zero-order valence-corrected chi connectivity index (χ0v) is 11.5. The van der Waals surface area contributed by atoms with Gasteiger partial charge in [0.2, 0.25) is 0 Å². The molecule has 3 rings (SSSR count). The highest BCUT2D eigenvalue weighted by Gasteiger charge is 2.15. The third-order valence-corrected chi connectivity index (χ3v) is 3.24.